The Balaban J connectivity index is 1.81. The molecule has 1 fully saturated rings. The lowest BCUT2D eigenvalue weighted by atomic mass is 10.0. The van der Waals surface area contributed by atoms with Gasteiger partial charge in [0.2, 0.25) is 0 Å². The van der Waals surface area contributed by atoms with Crippen molar-refractivity contribution >= 4 is 23.2 Å². The molecule has 0 radical (unpaired) electrons. The highest BCUT2D eigenvalue weighted by Crippen LogP contribution is 2.28. The normalized spacial score (nSPS) is 18.2. The average Bonchev–Trinajstić information content (AvgIpc) is 2.81. The van der Waals surface area contributed by atoms with E-state index in [1.54, 1.807) is 0 Å². The zero-order valence-corrected chi connectivity index (χ0v) is 12.4. The Hall–Kier alpha value is -0.240. The van der Waals surface area contributed by atoms with Gasteiger partial charge in [-0.25, -0.2) is 0 Å². The Bertz CT molecular complexity index is 386. The Kier molecular flexibility index (Phi) is 5.35. The molecule has 0 spiro atoms. The van der Waals surface area contributed by atoms with Gasteiger partial charge in [0.15, 0.2) is 0 Å². The smallest absolute Gasteiger partial charge is 0.0468 e. The molecule has 1 aliphatic carbocycles. The molecule has 1 aliphatic rings. The van der Waals surface area contributed by atoms with Gasteiger partial charge in [-0.15, -0.1) is 0 Å². The van der Waals surface area contributed by atoms with Crippen LogP contribution in [-0.2, 0) is 0 Å². The van der Waals surface area contributed by atoms with Crippen molar-refractivity contribution in [2.75, 3.05) is 6.54 Å². The van der Waals surface area contributed by atoms with Crippen molar-refractivity contribution < 1.29 is 0 Å². The standard InChI is InChI=1S/C15H21Cl2N/c1-11(14-7-6-13(16)10-15(14)17)18-9-8-12-4-2-3-5-12/h6-7,10-12,18H,2-5,8-9H2,1H3. The van der Waals surface area contributed by atoms with E-state index in [0.717, 1.165) is 23.0 Å². The van der Waals surface area contributed by atoms with Gasteiger partial charge in [0, 0.05) is 16.1 Å². The van der Waals surface area contributed by atoms with Crippen LogP contribution in [0.4, 0.5) is 0 Å². The number of rotatable bonds is 5. The van der Waals surface area contributed by atoms with Crippen LogP contribution in [0.25, 0.3) is 0 Å². The maximum absolute atomic E-state index is 6.21. The molecule has 0 saturated heterocycles. The molecule has 1 atom stereocenters. The first-order valence-corrected chi connectivity index (χ1v) is 7.60. The van der Waals surface area contributed by atoms with Crippen LogP contribution in [0.3, 0.4) is 0 Å². The Labute approximate surface area is 120 Å². The van der Waals surface area contributed by atoms with Crippen molar-refractivity contribution in [1.29, 1.82) is 0 Å². The Morgan fingerprint density at radius 3 is 2.67 bits per heavy atom. The van der Waals surface area contributed by atoms with E-state index in [1.165, 1.54) is 32.1 Å². The second-order valence-corrected chi connectivity index (χ2v) is 6.12. The van der Waals surface area contributed by atoms with E-state index < -0.39 is 0 Å². The number of benzene rings is 1. The Morgan fingerprint density at radius 1 is 1.28 bits per heavy atom. The van der Waals surface area contributed by atoms with Crippen LogP contribution >= 0.6 is 23.2 Å². The van der Waals surface area contributed by atoms with E-state index in [2.05, 4.69) is 12.2 Å². The van der Waals surface area contributed by atoms with Crippen molar-refractivity contribution in [2.24, 2.45) is 5.92 Å². The molecule has 100 valence electrons. The maximum atomic E-state index is 6.21. The highest BCUT2D eigenvalue weighted by Gasteiger charge is 2.15. The third-order valence-electron chi connectivity index (χ3n) is 3.91. The van der Waals surface area contributed by atoms with Gasteiger partial charge in [0.05, 0.1) is 0 Å². The van der Waals surface area contributed by atoms with E-state index in [9.17, 15) is 0 Å². The number of hydrogen-bond donors (Lipinski definition) is 1. The first kappa shape index (κ1) is 14.2. The van der Waals surface area contributed by atoms with Crippen LogP contribution in [0, 0.1) is 5.92 Å². The highest BCUT2D eigenvalue weighted by atomic mass is 35.5. The van der Waals surface area contributed by atoms with Crippen LogP contribution in [0.15, 0.2) is 18.2 Å². The molecule has 3 heteroatoms. The van der Waals surface area contributed by atoms with E-state index in [0.29, 0.717) is 5.02 Å². The number of nitrogens with one attached hydrogen (secondary N) is 1. The van der Waals surface area contributed by atoms with Crippen LogP contribution in [0.1, 0.15) is 50.6 Å². The molecule has 18 heavy (non-hydrogen) atoms. The van der Waals surface area contributed by atoms with Crippen LogP contribution in [0.2, 0.25) is 10.0 Å². The van der Waals surface area contributed by atoms with Crippen LogP contribution < -0.4 is 5.32 Å². The third kappa shape index (κ3) is 3.88. The van der Waals surface area contributed by atoms with Crippen molar-refractivity contribution in [1.82, 2.24) is 5.32 Å². The summed E-state index contributed by atoms with van der Waals surface area (Å²) in [5.41, 5.74) is 1.13. The minimum Gasteiger partial charge on any atom is -0.310 e. The lowest BCUT2D eigenvalue weighted by molar-refractivity contribution is 0.455. The first-order valence-electron chi connectivity index (χ1n) is 6.85. The predicted molar refractivity (Wildman–Crippen MR) is 79.5 cm³/mol. The zero-order chi connectivity index (χ0) is 13.0. The summed E-state index contributed by atoms with van der Waals surface area (Å²) in [5.74, 6) is 0.936. The minimum atomic E-state index is 0.288. The van der Waals surface area contributed by atoms with Gasteiger partial charge in [-0.3, -0.25) is 0 Å². The summed E-state index contributed by atoms with van der Waals surface area (Å²) in [6, 6.07) is 6.01. The topological polar surface area (TPSA) is 12.0 Å². The summed E-state index contributed by atoms with van der Waals surface area (Å²) >= 11 is 12.1. The fourth-order valence-corrected chi connectivity index (χ4v) is 3.34. The van der Waals surface area contributed by atoms with Gasteiger partial charge in [0.25, 0.3) is 0 Å². The average molecular weight is 286 g/mol. The fraction of sp³-hybridized carbons (Fsp3) is 0.600. The van der Waals surface area contributed by atoms with Crippen molar-refractivity contribution in [3.63, 3.8) is 0 Å². The summed E-state index contributed by atoms with van der Waals surface area (Å²) in [7, 11) is 0. The molecule has 0 aliphatic heterocycles. The van der Waals surface area contributed by atoms with Crippen molar-refractivity contribution in [2.45, 2.75) is 45.1 Å². The van der Waals surface area contributed by atoms with Gasteiger partial charge in [-0.2, -0.15) is 0 Å². The molecule has 1 aromatic carbocycles. The maximum Gasteiger partial charge on any atom is 0.0468 e. The largest absolute Gasteiger partial charge is 0.310 e. The monoisotopic (exact) mass is 285 g/mol. The van der Waals surface area contributed by atoms with Crippen molar-refractivity contribution in [3.8, 4) is 0 Å². The minimum absolute atomic E-state index is 0.288. The number of halogens is 2. The summed E-state index contributed by atoms with van der Waals surface area (Å²) in [4.78, 5) is 0. The third-order valence-corrected chi connectivity index (χ3v) is 4.47. The summed E-state index contributed by atoms with van der Waals surface area (Å²) in [6.07, 6.45) is 6.96. The van der Waals surface area contributed by atoms with Gasteiger partial charge < -0.3 is 5.32 Å². The van der Waals surface area contributed by atoms with Gasteiger partial charge in [-0.05, 0) is 43.5 Å². The van der Waals surface area contributed by atoms with E-state index in [-0.39, 0.29) is 6.04 Å². The van der Waals surface area contributed by atoms with E-state index >= 15 is 0 Å². The van der Waals surface area contributed by atoms with Crippen molar-refractivity contribution in [3.05, 3.63) is 33.8 Å². The quantitative estimate of drug-likeness (QED) is 0.782. The van der Waals surface area contributed by atoms with Crippen LogP contribution in [-0.4, -0.2) is 6.54 Å². The summed E-state index contributed by atoms with van der Waals surface area (Å²) in [5, 5.41) is 5.01. The highest BCUT2D eigenvalue weighted by molar-refractivity contribution is 6.35. The van der Waals surface area contributed by atoms with E-state index in [4.69, 9.17) is 23.2 Å². The fourth-order valence-electron chi connectivity index (χ4n) is 2.77. The van der Waals surface area contributed by atoms with Gasteiger partial charge >= 0.3 is 0 Å². The molecule has 1 nitrogen and oxygen atoms in total. The molecular formula is C15H21Cl2N. The molecule has 1 unspecified atom stereocenters. The lowest BCUT2D eigenvalue weighted by Gasteiger charge is -2.17. The molecule has 2 rings (SSSR count). The molecule has 0 heterocycles. The predicted octanol–water partition coefficient (Wildman–Crippen LogP) is 5.22. The number of hydrogen-bond acceptors (Lipinski definition) is 1. The SMILES string of the molecule is CC(NCCC1CCCC1)c1ccc(Cl)cc1Cl. The summed E-state index contributed by atoms with van der Waals surface area (Å²) in [6.45, 7) is 3.23. The molecule has 1 N–H and O–H groups in total. The molecule has 1 aromatic rings. The summed E-state index contributed by atoms with van der Waals surface area (Å²) < 4.78 is 0. The molecule has 0 amide bonds. The second kappa shape index (κ2) is 6.79. The van der Waals surface area contributed by atoms with Gasteiger partial charge in [-0.1, -0.05) is 55.0 Å². The lowest BCUT2D eigenvalue weighted by Crippen LogP contribution is -2.21. The first-order chi connectivity index (χ1) is 8.66. The zero-order valence-electron chi connectivity index (χ0n) is 10.9. The molecule has 1 saturated carbocycles. The Morgan fingerprint density at radius 2 is 2.00 bits per heavy atom. The van der Waals surface area contributed by atoms with Crippen LogP contribution in [0.5, 0.6) is 0 Å². The molecule has 0 bridgehead atoms. The van der Waals surface area contributed by atoms with E-state index in [1.807, 2.05) is 18.2 Å². The second-order valence-electron chi connectivity index (χ2n) is 5.28. The molecule has 0 aromatic heterocycles. The molecular weight excluding hydrogens is 265 g/mol. The van der Waals surface area contributed by atoms with Gasteiger partial charge in [0.1, 0.15) is 0 Å².